The summed E-state index contributed by atoms with van der Waals surface area (Å²) in [5.74, 6) is 0.837. The van der Waals surface area contributed by atoms with Crippen LogP contribution in [0.4, 0.5) is 5.82 Å². The Hall–Kier alpha value is -2.26. The molecule has 34 heavy (non-hydrogen) atoms. The molecule has 1 saturated heterocycles. The molecule has 2 rings (SSSR count). The van der Waals surface area contributed by atoms with Crippen molar-refractivity contribution in [2.75, 3.05) is 51.8 Å². The topological polar surface area (TPSA) is 106 Å². The van der Waals surface area contributed by atoms with Crippen LogP contribution in [0.1, 0.15) is 70.6 Å². The van der Waals surface area contributed by atoms with Crippen LogP contribution in [-0.4, -0.2) is 79.3 Å². The molecule has 1 amide bonds. The van der Waals surface area contributed by atoms with Gasteiger partial charge in [0.05, 0.1) is 13.0 Å². The number of methoxy groups -OCH3 is 1. The lowest BCUT2D eigenvalue weighted by Gasteiger charge is -2.38. The number of nitrogens with zero attached hydrogens (tertiary/aromatic N) is 3. The number of esters is 1. The van der Waals surface area contributed by atoms with Gasteiger partial charge in [0.25, 0.3) is 5.91 Å². The zero-order valence-electron chi connectivity index (χ0n) is 21.9. The van der Waals surface area contributed by atoms with Gasteiger partial charge >= 0.3 is 5.97 Å². The molecule has 1 aliphatic heterocycles. The number of rotatable bonds is 11. The SMILES string of the molecule is CCOCCCNc1nc(C(C)(C)C)ncc1C(=O)N(CC(C)C)[C@@H]1CNC[C@@H](C(=O)OC)C1. The first-order chi connectivity index (χ1) is 16.1. The zero-order chi connectivity index (χ0) is 25.3. The molecule has 2 N–H and O–H groups in total. The van der Waals surface area contributed by atoms with E-state index in [0.29, 0.717) is 63.0 Å². The number of piperidine rings is 1. The predicted molar refractivity (Wildman–Crippen MR) is 133 cm³/mol. The summed E-state index contributed by atoms with van der Waals surface area (Å²) in [4.78, 5) is 37.2. The number of aromatic nitrogens is 2. The molecule has 9 heteroatoms. The van der Waals surface area contributed by atoms with Crippen LogP contribution < -0.4 is 10.6 Å². The molecule has 0 saturated carbocycles. The minimum absolute atomic E-state index is 0.124. The van der Waals surface area contributed by atoms with Gasteiger partial charge in [-0.05, 0) is 25.7 Å². The van der Waals surface area contributed by atoms with E-state index in [1.165, 1.54) is 7.11 Å². The molecule has 0 aromatic carbocycles. The van der Waals surface area contributed by atoms with Gasteiger partial charge < -0.3 is 25.0 Å². The van der Waals surface area contributed by atoms with Crippen LogP contribution in [0.2, 0.25) is 0 Å². The Morgan fingerprint density at radius 3 is 2.65 bits per heavy atom. The molecule has 1 aromatic heterocycles. The van der Waals surface area contributed by atoms with Crippen LogP contribution in [0.3, 0.4) is 0 Å². The van der Waals surface area contributed by atoms with Crippen LogP contribution in [0.25, 0.3) is 0 Å². The lowest BCUT2D eigenvalue weighted by molar-refractivity contribution is -0.146. The third-order valence-electron chi connectivity index (χ3n) is 5.78. The number of carbonyl (C=O) groups is 2. The van der Waals surface area contributed by atoms with Gasteiger partial charge in [0, 0.05) is 57.0 Å². The molecule has 0 spiro atoms. The summed E-state index contributed by atoms with van der Waals surface area (Å²) >= 11 is 0. The molecule has 0 aliphatic carbocycles. The maximum Gasteiger partial charge on any atom is 0.310 e. The number of anilines is 1. The van der Waals surface area contributed by atoms with Crippen molar-refractivity contribution in [2.45, 2.75) is 65.8 Å². The first-order valence-electron chi connectivity index (χ1n) is 12.4. The van der Waals surface area contributed by atoms with E-state index in [1.807, 2.05) is 11.8 Å². The number of hydrogen-bond acceptors (Lipinski definition) is 8. The van der Waals surface area contributed by atoms with Crippen LogP contribution >= 0.6 is 0 Å². The van der Waals surface area contributed by atoms with Crippen molar-refractivity contribution in [1.82, 2.24) is 20.2 Å². The first kappa shape index (κ1) is 28.0. The Bertz CT molecular complexity index is 809. The molecule has 1 fully saturated rings. The van der Waals surface area contributed by atoms with Gasteiger partial charge in [-0.3, -0.25) is 9.59 Å². The average Bonchev–Trinajstić information content (AvgIpc) is 2.80. The van der Waals surface area contributed by atoms with Crippen molar-refractivity contribution in [3.05, 3.63) is 17.6 Å². The van der Waals surface area contributed by atoms with Gasteiger partial charge in [-0.1, -0.05) is 34.6 Å². The van der Waals surface area contributed by atoms with E-state index in [0.717, 1.165) is 6.42 Å². The Morgan fingerprint density at radius 1 is 1.29 bits per heavy atom. The summed E-state index contributed by atoms with van der Waals surface area (Å²) in [7, 11) is 1.40. The summed E-state index contributed by atoms with van der Waals surface area (Å²) in [6.07, 6.45) is 3.01. The monoisotopic (exact) mass is 477 g/mol. The zero-order valence-corrected chi connectivity index (χ0v) is 21.9. The maximum absolute atomic E-state index is 13.9. The van der Waals surface area contributed by atoms with Crippen LogP contribution in [0.15, 0.2) is 6.20 Å². The highest BCUT2D eigenvalue weighted by Crippen LogP contribution is 2.25. The van der Waals surface area contributed by atoms with Crippen molar-refractivity contribution < 1.29 is 19.1 Å². The summed E-state index contributed by atoms with van der Waals surface area (Å²) in [6, 6.07) is -0.124. The van der Waals surface area contributed by atoms with Gasteiger partial charge in [0.2, 0.25) is 0 Å². The van der Waals surface area contributed by atoms with Gasteiger partial charge in [0.1, 0.15) is 17.2 Å². The lowest BCUT2D eigenvalue weighted by atomic mass is 9.93. The van der Waals surface area contributed by atoms with E-state index >= 15 is 0 Å². The van der Waals surface area contributed by atoms with E-state index in [-0.39, 0.29) is 35.2 Å². The molecule has 0 radical (unpaired) electrons. The second kappa shape index (κ2) is 13.0. The summed E-state index contributed by atoms with van der Waals surface area (Å²) < 4.78 is 10.4. The van der Waals surface area contributed by atoms with Gasteiger partial charge in [-0.25, -0.2) is 9.97 Å². The summed E-state index contributed by atoms with van der Waals surface area (Å²) in [6.45, 7) is 16.0. The fourth-order valence-electron chi connectivity index (χ4n) is 4.01. The van der Waals surface area contributed by atoms with E-state index in [1.54, 1.807) is 6.20 Å². The number of hydrogen-bond donors (Lipinski definition) is 2. The number of ether oxygens (including phenoxy) is 2. The molecule has 2 heterocycles. The highest BCUT2D eigenvalue weighted by molar-refractivity contribution is 5.98. The van der Waals surface area contributed by atoms with Crippen molar-refractivity contribution in [3.63, 3.8) is 0 Å². The van der Waals surface area contributed by atoms with Crippen molar-refractivity contribution in [1.29, 1.82) is 0 Å². The molecule has 0 unspecified atom stereocenters. The number of carbonyl (C=O) groups excluding carboxylic acids is 2. The lowest BCUT2D eigenvalue weighted by Crippen LogP contribution is -2.53. The Labute approximate surface area is 204 Å². The van der Waals surface area contributed by atoms with Crippen molar-refractivity contribution in [2.24, 2.45) is 11.8 Å². The molecule has 1 aliphatic rings. The number of nitrogens with one attached hydrogen (secondary N) is 2. The first-order valence-corrected chi connectivity index (χ1v) is 12.4. The van der Waals surface area contributed by atoms with Crippen molar-refractivity contribution in [3.8, 4) is 0 Å². The molecular formula is C25H43N5O4. The van der Waals surface area contributed by atoms with Crippen LogP contribution in [0, 0.1) is 11.8 Å². The molecular weight excluding hydrogens is 434 g/mol. The largest absolute Gasteiger partial charge is 0.469 e. The Balaban J connectivity index is 2.33. The second-order valence-corrected chi connectivity index (χ2v) is 10.3. The fourth-order valence-corrected chi connectivity index (χ4v) is 4.01. The smallest absolute Gasteiger partial charge is 0.310 e. The third kappa shape index (κ3) is 7.91. The Morgan fingerprint density at radius 2 is 2.03 bits per heavy atom. The van der Waals surface area contributed by atoms with Crippen LogP contribution in [0.5, 0.6) is 0 Å². The van der Waals surface area contributed by atoms with E-state index in [9.17, 15) is 9.59 Å². The molecule has 9 nitrogen and oxygen atoms in total. The highest BCUT2D eigenvalue weighted by Gasteiger charge is 2.35. The average molecular weight is 478 g/mol. The quantitative estimate of drug-likeness (QED) is 0.370. The predicted octanol–water partition coefficient (Wildman–Crippen LogP) is 2.86. The van der Waals surface area contributed by atoms with E-state index in [4.69, 9.17) is 14.5 Å². The second-order valence-electron chi connectivity index (χ2n) is 10.3. The number of amides is 1. The van der Waals surface area contributed by atoms with Gasteiger partial charge in [-0.2, -0.15) is 0 Å². The molecule has 192 valence electrons. The van der Waals surface area contributed by atoms with Crippen LogP contribution in [-0.2, 0) is 19.7 Å². The normalized spacial score (nSPS) is 18.6. The van der Waals surface area contributed by atoms with Gasteiger partial charge in [-0.15, -0.1) is 0 Å². The van der Waals surface area contributed by atoms with Crippen molar-refractivity contribution >= 4 is 17.7 Å². The standard InChI is InChI=1S/C25H43N5O4/c1-8-34-11-9-10-27-21-20(15-28-24(29-21)25(4,5)6)22(31)30(16-17(2)3)19-12-18(13-26-14-19)23(32)33-7/h15,17-19,26H,8-14,16H2,1-7H3,(H,27,28,29)/t18-,19-/m0/s1. The van der Waals surface area contributed by atoms with E-state index < -0.39 is 0 Å². The molecule has 2 atom stereocenters. The fraction of sp³-hybridized carbons (Fsp3) is 0.760. The highest BCUT2D eigenvalue weighted by atomic mass is 16.5. The minimum Gasteiger partial charge on any atom is -0.469 e. The summed E-state index contributed by atoms with van der Waals surface area (Å²) in [5, 5.41) is 6.65. The molecule has 0 bridgehead atoms. The Kier molecular flexibility index (Phi) is 10.7. The summed E-state index contributed by atoms with van der Waals surface area (Å²) in [5.41, 5.74) is 0.201. The van der Waals surface area contributed by atoms with E-state index in [2.05, 4.69) is 50.2 Å². The minimum atomic E-state index is -0.276. The maximum atomic E-state index is 13.9. The molecule has 1 aromatic rings. The van der Waals surface area contributed by atoms with Gasteiger partial charge in [0.15, 0.2) is 0 Å². The third-order valence-corrected chi connectivity index (χ3v) is 5.78.